The summed E-state index contributed by atoms with van der Waals surface area (Å²) >= 11 is 0. The first kappa shape index (κ1) is 30.5. The van der Waals surface area contributed by atoms with E-state index in [0.717, 1.165) is 39.0 Å². The van der Waals surface area contributed by atoms with E-state index in [9.17, 15) is 0 Å². The average molecular weight is 688 g/mol. The molecule has 0 unspecified atom stereocenters. The number of anilines is 3. The molecule has 0 amide bonds. The van der Waals surface area contributed by atoms with Gasteiger partial charge < -0.3 is 9.32 Å². The Bertz CT molecular complexity index is 3210. The van der Waals surface area contributed by atoms with Crippen molar-refractivity contribution in [3.05, 3.63) is 200 Å². The van der Waals surface area contributed by atoms with E-state index >= 15 is 0 Å². The molecule has 54 heavy (non-hydrogen) atoms. The van der Waals surface area contributed by atoms with E-state index < -0.39 is 0 Å². The Hall–Kier alpha value is -7.16. The monoisotopic (exact) mass is 687 g/mol. The highest BCUT2D eigenvalue weighted by Gasteiger charge is 2.20. The molecule has 1 aromatic heterocycles. The third-order valence-electron chi connectivity index (χ3n) is 11.0. The third-order valence-corrected chi connectivity index (χ3v) is 11.0. The van der Waals surface area contributed by atoms with Crippen molar-refractivity contribution in [3.63, 3.8) is 0 Å². The van der Waals surface area contributed by atoms with Gasteiger partial charge in [0.2, 0.25) is 0 Å². The second-order valence-electron chi connectivity index (χ2n) is 14.1. The Morgan fingerprint density at radius 1 is 0.315 bits per heavy atom. The Morgan fingerprint density at radius 3 is 1.80 bits per heavy atom. The second kappa shape index (κ2) is 12.2. The molecule has 0 fully saturated rings. The Labute approximate surface area is 312 Å². The first-order chi connectivity index (χ1) is 26.7. The number of hydrogen-bond donors (Lipinski definition) is 0. The maximum atomic E-state index is 6.57. The summed E-state index contributed by atoms with van der Waals surface area (Å²) in [4.78, 5) is 2.39. The molecule has 0 aliphatic carbocycles. The topological polar surface area (TPSA) is 16.4 Å². The summed E-state index contributed by atoms with van der Waals surface area (Å²) in [5.74, 6) is 0. The molecule has 1 heterocycles. The highest BCUT2D eigenvalue weighted by Crippen LogP contribution is 2.45. The Balaban J connectivity index is 1.12. The van der Waals surface area contributed by atoms with E-state index in [-0.39, 0.29) is 0 Å². The number of benzene rings is 10. The van der Waals surface area contributed by atoms with Crippen molar-refractivity contribution in [2.24, 2.45) is 0 Å². The van der Waals surface area contributed by atoms with Gasteiger partial charge in [0, 0.05) is 16.8 Å². The summed E-state index contributed by atoms with van der Waals surface area (Å²) in [6.07, 6.45) is 0. The molecule has 0 saturated carbocycles. The van der Waals surface area contributed by atoms with Gasteiger partial charge in [0.1, 0.15) is 11.2 Å². The fraction of sp³-hybridized carbons (Fsp3) is 0. The van der Waals surface area contributed by atoms with Crippen LogP contribution in [0.5, 0.6) is 0 Å². The van der Waals surface area contributed by atoms with Gasteiger partial charge in [-0.05, 0) is 126 Å². The molecule has 11 rings (SSSR count). The van der Waals surface area contributed by atoms with Gasteiger partial charge >= 0.3 is 0 Å². The van der Waals surface area contributed by atoms with Crippen molar-refractivity contribution in [2.45, 2.75) is 0 Å². The Kier molecular flexibility index (Phi) is 6.90. The molecule has 0 bridgehead atoms. The summed E-state index contributed by atoms with van der Waals surface area (Å²) in [6.45, 7) is 0. The fourth-order valence-corrected chi connectivity index (χ4v) is 8.37. The van der Waals surface area contributed by atoms with Crippen LogP contribution in [-0.4, -0.2) is 0 Å². The highest BCUT2D eigenvalue weighted by molar-refractivity contribution is 6.17. The first-order valence-corrected chi connectivity index (χ1v) is 18.5. The van der Waals surface area contributed by atoms with Gasteiger partial charge in [-0.3, -0.25) is 0 Å². The van der Waals surface area contributed by atoms with Gasteiger partial charge in [0.25, 0.3) is 0 Å². The van der Waals surface area contributed by atoms with Crippen molar-refractivity contribution in [3.8, 4) is 22.3 Å². The predicted octanol–water partition coefficient (Wildman–Crippen LogP) is 15.0. The minimum Gasteiger partial charge on any atom is -0.456 e. The summed E-state index contributed by atoms with van der Waals surface area (Å²) in [7, 11) is 0. The van der Waals surface area contributed by atoms with Crippen LogP contribution in [-0.2, 0) is 0 Å². The summed E-state index contributed by atoms with van der Waals surface area (Å²) in [5, 5.41) is 12.0. The van der Waals surface area contributed by atoms with Crippen LogP contribution in [0.15, 0.2) is 205 Å². The van der Waals surface area contributed by atoms with Gasteiger partial charge in [-0.1, -0.05) is 140 Å². The molecule has 0 aliphatic rings. The number of furan rings is 1. The van der Waals surface area contributed by atoms with E-state index in [1.54, 1.807) is 0 Å². The SMILES string of the molecule is c1ccc(-c2ccc(N(c3ccc4ccc(-c5cc6ccccc6c6ccccc56)cc4c3)c3cccc4oc5cc6ccccc6cc5c34)cc2)cc1. The summed E-state index contributed by atoms with van der Waals surface area (Å²) in [5.41, 5.74) is 9.82. The molecular weight excluding hydrogens is 655 g/mol. The second-order valence-corrected chi connectivity index (χ2v) is 14.1. The van der Waals surface area contributed by atoms with Crippen LogP contribution in [0.1, 0.15) is 0 Å². The number of nitrogens with zero attached hydrogens (tertiary/aromatic N) is 1. The van der Waals surface area contributed by atoms with Crippen molar-refractivity contribution in [1.29, 1.82) is 0 Å². The minimum absolute atomic E-state index is 0.870. The van der Waals surface area contributed by atoms with E-state index in [1.165, 1.54) is 65.3 Å². The molecule has 0 saturated heterocycles. The minimum atomic E-state index is 0.870. The highest BCUT2D eigenvalue weighted by atomic mass is 16.3. The molecule has 2 nitrogen and oxygen atoms in total. The Morgan fingerprint density at radius 2 is 0.963 bits per heavy atom. The molecule has 0 aliphatic heterocycles. The van der Waals surface area contributed by atoms with Crippen LogP contribution >= 0.6 is 0 Å². The van der Waals surface area contributed by atoms with Gasteiger partial charge in [0.15, 0.2) is 0 Å². The molecular formula is C52H33NO. The molecule has 10 aromatic carbocycles. The quantitative estimate of drug-likeness (QED) is 0.168. The molecule has 2 heteroatoms. The lowest BCUT2D eigenvalue weighted by molar-refractivity contribution is 0.669. The van der Waals surface area contributed by atoms with E-state index in [4.69, 9.17) is 4.42 Å². The first-order valence-electron chi connectivity index (χ1n) is 18.5. The van der Waals surface area contributed by atoms with Crippen molar-refractivity contribution < 1.29 is 4.42 Å². The third kappa shape index (κ3) is 4.96. The van der Waals surface area contributed by atoms with Gasteiger partial charge in [0.05, 0.1) is 11.1 Å². The zero-order valence-corrected chi connectivity index (χ0v) is 29.4. The zero-order valence-electron chi connectivity index (χ0n) is 29.4. The van der Waals surface area contributed by atoms with E-state index in [1.807, 2.05) is 0 Å². The maximum Gasteiger partial charge on any atom is 0.137 e. The smallest absolute Gasteiger partial charge is 0.137 e. The van der Waals surface area contributed by atoms with Crippen molar-refractivity contribution >= 4 is 82.1 Å². The standard InChI is InChI=1S/C52H33NO/c1-2-11-34(12-3-1)35-23-26-42(27-24-35)53(49-19-10-20-50-52(49)48-31-37-13-4-5-14-38(37)33-51(48)54-50)43-28-25-36-21-22-40(29-41(36)30-43)47-32-39-15-6-7-16-44(39)45-17-8-9-18-46(45)47/h1-33H. The van der Waals surface area contributed by atoms with Crippen LogP contribution in [0, 0.1) is 0 Å². The number of fused-ring (bicyclic) bond motifs is 8. The fourth-order valence-electron chi connectivity index (χ4n) is 8.37. The molecule has 0 spiro atoms. The molecule has 0 radical (unpaired) electrons. The zero-order chi connectivity index (χ0) is 35.6. The number of rotatable bonds is 5. The van der Waals surface area contributed by atoms with Crippen LogP contribution < -0.4 is 4.90 Å². The molecule has 0 N–H and O–H groups in total. The normalized spacial score (nSPS) is 11.7. The van der Waals surface area contributed by atoms with Crippen LogP contribution in [0.3, 0.4) is 0 Å². The lowest BCUT2D eigenvalue weighted by atomic mass is 9.92. The predicted molar refractivity (Wildman–Crippen MR) is 229 cm³/mol. The van der Waals surface area contributed by atoms with Crippen molar-refractivity contribution in [1.82, 2.24) is 0 Å². The van der Waals surface area contributed by atoms with Gasteiger partial charge in [-0.15, -0.1) is 0 Å². The number of hydrogen-bond acceptors (Lipinski definition) is 2. The molecule has 0 atom stereocenters. The van der Waals surface area contributed by atoms with E-state index in [2.05, 4.69) is 205 Å². The van der Waals surface area contributed by atoms with Crippen LogP contribution in [0.4, 0.5) is 17.1 Å². The van der Waals surface area contributed by atoms with Crippen LogP contribution in [0.2, 0.25) is 0 Å². The molecule has 252 valence electrons. The van der Waals surface area contributed by atoms with E-state index in [0.29, 0.717) is 0 Å². The maximum absolute atomic E-state index is 6.57. The molecule has 11 aromatic rings. The largest absolute Gasteiger partial charge is 0.456 e. The van der Waals surface area contributed by atoms with Crippen molar-refractivity contribution in [2.75, 3.05) is 4.90 Å². The van der Waals surface area contributed by atoms with Gasteiger partial charge in [-0.2, -0.15) is 0 Å². The average Bonchev–Trinajstić information content (AvgIpc) is 3.61. The lowest BCUT2D eigenvalue weighted by Crippen LogP contribution is -2.10. The lowest BCUT2D eigenvalue weighted by Gasteiger charge is -2.27. The summed E-state index contributed by atoms with van der Waals surface area (Å²) in [6, 6.07) is 72.4. The van der Waals surface area contributed by atoms with Gasteiger partial charge in [-0.25, -0.2) is 0 Å². The summed E-state index contributed by atoms with van der Waals surface area (Å²) < 4.78 is 6.57. The van der Waals surface area contributed by atoms with Crippen LogP contribution in [0.25, 0.3) is 87.3 Å².